The molecule has 0 radical (unpaired) electrons. The van der Waals surface area contributed by atoms with E-state index in [0.717, 1.165) is 31.2 Å². The van der Waals surface area contributed by atoms with Gasteiger partial charge in [0.25, 0.3) is 0 Å². The molecule has 1 heterocycles. The predicted octanol–water partition coefficient (Wildman–Crippen LogP) is 3.37. The van der Waals surface area contributed by atoms with Crippen LogP contribution in [0, 0.1) is 11.8 Å². The molecule has 0 unspecified atom stereocenters. The van der Waals surface area contributed by atoms with Gasteiger partial charge in [0.05, 0.1) is 0 Å². The van der Waals surface area contributed by atoms with Crippen molar-refractivity contribution in [3.05, 3.63) is 30.1 Å². The Kier molecular flexibility index (Phi) is 7.00. The van der Waals surface area contributed by atoms with Gasteiger partial charge in [0.2, 0.25) is 5.91 Å². The van der Waals surface area contributed by atoms with Gasteiger partial charge in [0.1, 0.15) is 5.60 Å². The molecule has 2 amide bonds. The van der Waals surface area contributed by atoms with Crippen LogP contribution in [0.4, 0.5) is 4.79 Å². The summed E-state index contributed by atoms with van der Waals surface area (Å²) in [6, 6.07) is 3.81. The minimum atomic E-state index is -0.476. The fraction of sp³-hybridized carbons (Fsp3) is 0.650. The van der Waals surface area contributed by atoms with Crippen LogP contribution in [-0.2, 0) is 16.1 Å². The van der Waals surface area contributed by atoms with Crippen LogP contribution in [0.2, 0.25) is 0 Å². The molecule has 1 fully saturated rings. The number of carbonyl (C=O) groups excluding carboxylic acids is 2. The van der Waals surface area contributed by atoms with Gasteiger partial charge in [-0.2, -0.15) is 0 Å². The van der Waals surface area contributed by atoms with Crippen LogP contribution in [0.3, 0.4) is 0 Å². The van der Waals surface area contributed by atoms with Crippen LogP contribution in [0.1, 0.15) is 52.0 Å². The lowest BCUT2D eigenvalue weighted by atomic mass is 9.81. The Bertz CT molecular complexity index is 590. The molecule has 1 N–H and O–H groups in total. The SMILES string of the molecule is CN(CC1CCC(C(=O)NCc2ccncc2)CC1)C(=O)OC(C)(C)C. The number of aromatic nitrogens is 1. The summed E-state index contributed by atoms with van der Waals surface area (Å²) in [5, 5.41) is 3.02. The molecular weight excluding hydrogens is 330 g/mol. The van der Waals surface area contributed by atoms with Crippen molar-refractivity contribution in [1.29, 1.82) is 0 Å². The van der Waals surface area contributed by atoms with Crippen LogP contribution in [0.5, 0.6) is 0 Å². The number of hydrogen-bond acceptors (Lipinski definition) is 4. The van der Waals surface area contributed by atoms with E-state index in [0.29, 0.717) is 19.0 Å². The van der Waals surface area contributed by atoms with Crippen molar-refractivity contribution in [2.45, 2.75) is 58.6 Å². The van der Waals surface area contributed by atoms with Crippen LogP contribution in [0.25, 0.3) is 0 Å². The molecule has 1 aromatic heterocycles. The number of rotatable bonds is 5. The molecule has 1 aliphatic carbocycles. The largest absolute Gasteiger partial charge is 0.444 e. The summed E-state index contributed by atoms with van der Waals surface area (Å²) < 4.78 is 5.39. The van der Waals surface area contributed by atoms with Crippen molar-refractivity contribution in [1.82, 2.24) is 15.2 Å². The fourth-order valence-corrected chi connectivity index (χ4v) is 3.24. The van der Waals surface area contributed by atoms with Gasteiger partial charge in [-0.05, 0) is 70.1 Å². The molecule has 2 rings (SSSR count). The lowest BCUT2D eigenvalue weighted by Crippen LogP contribution is -2.39. The summed E-state index contributed by atoms with van der Waals surface area (Å²) in [5.41, 5.74) is 0.580. The monoisotopic (exact) mass is 361 g/mol. The van der Waals surface area contributed by atoms with Gasteiger partial charge < -0.3 is 15.0 Å². The molecule has 6 nitrogen and oxygen atoms in total. The van der Waals surface area contributed by atoms with Gasteiger partial charge in [0, 0.05) is 38.4 Å². The second kappa shape index (κ2) is 9.01. The molecule has 144 valence electrons. The maximum Gasteiger partial charge on any atom is 0.410 e. The molecule has 0 aliphatic heterocycles. The van der Waals surface area contributed by atoms with E-state index in [-0.39, 0.29) is 17.9 Å². The van der Waals surface area contributed by atoms with Gasteiger partial charge in [-0.25, -0.2) is 4.79 Å². The zero-order valence-corrected chi connectivity index (χ0v) is 16.3. The number of carbonyl (C=O) groups is 2. The van der Waals surface area contributed by atoms with Crippen LogP contribution >= 0.6 is 0 Å². The van der Waals surface area contributed by atoms with Crippen LogP contribution < -0.4 is 5.32 Å². The molecule has 0 bridgehead atoms. The van der Waals surface area contributed by atoms with E-state index in [9.17, 15) is 9.59 Å². The topological polar surface area (TPSA) is 71.5 Å². The Hall–Kier alpha value is -2.11. The molecule has 1 aromatic rings. The normalized spacial score (nSPS) is 20.3. The summed E-state index contributed by atoms with van der Waals surface area (Å²) >= 11 is 0. The minimum absolute atomic E-state index is 0.0694. The standard InChI is InChI=1S/C20H31N3O3/c1-20(2,3)26-19(25)23(4)14-16-5-7-17(8-6-16)18(24)22-13-15-9-11-21-12-10-15/h9-12,16-17H,5-8,13-14H2,1-4H3,(H,22,24). The second-order valence-corrected chi connectivity index (χ2v) is 8.15. The van der Waals surface area contributed by atoms with Crippen LogP contribution in [0.15, 0.2) is 24.5 Å². The van der Waals surface area contributed by atoms with Gasteiger partial charge >= 0.3 is 6.09 Å². The molecule has 26 heavy (non-hydrogen) atoms. The Balaban J connectivity index is 1.71. The smallest absolute Gasteiger partial charge is 0.410 e. The van der Waals surface area contributed by atoms with Crippen molar-refractivity contribution in [3.63, 3.8) is 0 Å². The summed E-state index contributed by atoms with van der Waals surface area (Å²) in [4.78, 5) is 30.0. The zero-order valence-electron chi connectivity index (χ0n) is 16.3. The summed E-state index contributed by atoms with van der Waals surface area (Å²) in [6.07, 6.45) is 6.84. The molecule has 0 atom stereocenters. The van der Waals surface area contributed by atoms with Gasteiger partial charge in [-0.3, -0.25) is 9.78 Å². The number of ether oxygens (including phenoxy) is 1. The quantitative estimate of drug-likeness (QED) is 0.873. The Labute approximate surface area is 156 Å². The van der Waals surface area contributed by atoms with E-state index in [1.807, 2.05) is 32.9 Å². The number of nitrogens with one attached hydrogen (secondary N) is 1. The number of pyridine rings is 1. The molecular formula is C20H31N3O3. The zero-order chi connectivity index (χ0) is 19.2. The molecule has 1 saturated carbocycles. The first-order valence-electron chi connectivity index (χ1n) is 9.35. The number of amides is 2. The lowest BCUT2D eigenvalue weighted by molar-refractivity contribution is -0.126. The lowest BCUT2D eigenvalue weighted by Gasteiger charge is -2.31. The van der Waals surface area contributed by atoms with Crippen molar-refractivity contribution in [2.75, 3.05) is 13.6 Å². The first-order valence-corrected chi connectivity index (χ1v) is 9.35. The second-order valence-electron chi connectivity index (χ2n) is 8.15. The van der Waals surface area contributed by atoms with E-state index < -0.39 is 5.60 Å². The number of nitrogens with zero attached hydrogens (tertiary/aromatic N) is 2. The van der Waals surface area contributed by atoms with Crippen LogP contribution in [-0.4, -0.2) is 41.1 Å². The summed E-state index contributed by atoms with van der Waals surface area (Å²) in [7, 11) is 1.78. The van der Waals surface area contributed by atoms with E-state index in [1.165, 1.54) is 0 Å². The summed E-state index contributed by atoms with van der Waals surface area (Å²) in [6.45, 7) is 6.83. The third kappa shape index (κ3) is 6.65. The van der Waals surface area contributed by atoms with E-state index >= 15 is 0 Å². The maximum atomic E-state index is 12.4. The minimum Gasteiger partial charge on any atom is -0.444 e. The molecule has 1 aliphatic rings. The highest BCUT2D eigenvalue weighted by Gasteiger charge is 2.28. The van der Waals surface area contributed by atoms with Gasteiger partial charge in [-0.1, -0.05) is 0 Å². The van der Waals surface area contributed by atoms with Crippen molar-refractivity contribution in [2.24, 2.45) is 11.8 Å². The van der Waals surface area contributed by atoms with Crippen molar-refractivity contribution >= 4 is 12.0 Å². The van der Waals surface area contributed by atoms with E-state index in [1.54, 1.807) is 24.3 Å². The Morgan fingerprint density at radius 3 is 2.38 bits per heavy atom. The Morgan fingerprint density at radius 1 is 1.19 bits per heavy atom. The van der Waals surface area contributed by atoms with E-state index in [4.69, 9.17) is 4.74 Å². The first kappa shape index (κ1) is 20.2. The average Bonchev–Trinajstić information content (AvgIpc) is 2.59. The third-order valence-electron chi connectivity index (χ3n) is 4.67. The highest BCUT2D eigenvalue weighted by molar-refractivity contribution is 5.78. The van der Waals surface area contributed by atoms with Gasteiger partial charge in [-0.15, -0.1) is 0 Å². The third-order valence-corrected chi connectivity index (χ3v) is 4.67. The van der Waals surface area contributed by atoms with Gasteiger partial charge in [0.15, 0.2) is 0 Å². The molecule has 6 heteroatoms. The molecule has 0 saturated heterocycles. The highest BCUT2D eigenvalue weighted by Crippen LogP contribution is 2.29. The highest BCUT2D eigenvalue weighted by atomic mass is 16.6. The fourth-order valence-electron chi connectivity index (χ4n) is 3.24. The maximum absolute atomic E-state index is 12.4. The average molecular weight is 361 g/mol. The molecule has 0 aromatic carbocycles. The predicted molar refractivity (Wildman–Crippen MR) is 100 cm³/mol. The molecule has 0 spiro atoms. The summed E-state index contributed by atoms with van der Waals surface area (Å²) in [5.74, 6) is 0.623. The number of hydrogen-bond donors (Lipinski definition) is 1. The first-order chi connectivity index (χ1) is 12.2. The Morgan fingerprint density at radius 2 is 1.81 bits per heavy atom. The van der Waals surface area contributed by atoms with Crippen molar-refractivity contribution < 1.29 is 14.3 Å². The van der Waals surface area contributed by atoms with Crippen molar-refractivity contribution in [3.8, 4) is 0 Å². The van der Waals surface area contributed by atoms with E-state index in [2.05, 4.69) is 10.3 Å².